The smallest absolute Gasteiger partial charge is 0.0246 e. The monoisotopic (exact) mass is 198 g/mol. The molecule has 0 amide bonds. The van der Waals surface area contributed by atoms with Gasteiger partial charge in [-0.3, -0.25) is 4.90 Å². The average Bonchev–Trinajstić information content (AvgIpc) is 2.48. The standard InChI is InChI=1S/C12H26N2/c1-9(2)8-10(3)14(4)12-7-5-6-11(12)13/h9-12H,5-8,13H2,1-4H3. The van der Waals surface area contributed by atoms with Gasteiger partial charge in [-0.05, 0) is 39.2 Å². The van der Waals surface area contributed by atoms with E-state index in [1.807, 2.05) is 0 Å². The lowest BCUT2D eigenvalue weighted by Crippen LogP contribution is -2.46. The van der Waals surface area contributed by atoms with E-state index in [-0.39, 0.29) is 0 Å². The summed E-state index contributed by atoms with van der Waals surface area (Å²) >= 11 is 0. The molecule has 0 spiro atoms. The molecule has 0 radical (unpaired) electrons. The molecule has 14 heavy (non-hydrogen) atoms. The Hall–Kier alpha value is -0.0800. The molecular weight excluding hydrogens is 172 g/mol. The van der Waals surface area contributed by atoms with Gasteiger partial charge in [-0.25, -0.2) is 0 Å². The first-order valence-electron chi connectivity index (χ1n) is 6.00. The van der Waals surface area contributed by atoms with Gasteiger partial charge in [0.2, 0.25) is 0 Å². The second-order valence-electron chi connectivity index (χ2n) is 5.31. The van der Waals surface area contributed by atoms with E-state index in [4.69, 9.17) is 5.73 Å². The predicted octanol–water partition coefficient (Wildman–Crippen LogP) is 2.23. The molecule has 0 heterocycles. The third-order valence-corrected chi connectivity index (χ3v) is 3.56. The summed E-state index contributed by atoms with van der Waals surface area (Å²) in [6.07, 6.45) is 5.09. The van der Waals surface area contributed by atoms with Gasteiger partial charge in [-0.2, -0.15) is 0 Å². The van der Waals surface area contributed by atoms with Crippen LogP contribution in [-0.4, -0.2) is 30.1 Å². The number of hydrogen-bond acceptors (Lipinski definition) is 2. The fourth-order valence-electron chi connectivity index (χ4n) is 2.65. The van der Waals surface area contributed by atoms with Gasteiger partial charge in [-0.1, -0.05) is 20.3 Å². The van der Waals surface area contributed by atoms with Gasteiger partial charge in [0.15, 0.2) is 0 Å². The number of hydrogen-bond donors (Lipinski definition) is 1. The lowest BCUT2D eigenvalue weighted by Gasteiger charge is -2.34. The SMILES string of the molecule is CC(C)CC(C)N(C)C1CCCC1N. The van der Waals surface area contributed by atoms with Crippen molar-refractivity contribution in [3.05, 3.63) is 0 Å². The lowest BCUT2D eigenvalue weighted by atomic mass is 10.0. The van der Waals surface area contributed by atoms with Crippen LogP contribution >= 0.6 is 0 Å². The molecule has 0 aliphatic heterocycles. The van der Waals surface area contributed by atoms with Crippen LogP contribution in [0.5, 0.6) is 0 Å². The minimum atomic E-state index is 0.412. The Morgan fingerprint density at radius 1 is 1.29 bits per heavy atom. The quantitative estimate of drug-likeness (QED) is 0.750. The Morgan fingerprint density at radius 2 is 1.93 bits per heavy atom. The first-order chi connectivity index (χ1) is 6.52. The van der Waals surface area contributed by atoms with Crippen LogP contribution in [0.2, 0.25) is 0 Å². The van der Waals surface area contributed by atoms with Crippen LogP contribution in [0.15, 0.2) is 0 Å². The zero-order valence-electron chi connectivity index (χ0n) is 10.2. The number of likely N-dealkylation sites (N-methyl/N-ethyl adjacent to an activating group) is 1. The third kappa shape index (κ3) is 2.96. The van der Waals surface area contributed by atoms with Crippen LogP contribution in [0.25, 0.3) is 0 Å². The molecule has 1 rings (SSSR count). The minimum Gasteiger partial charge on any atom is -0.326 e. The maximum absolute atomic E-state index is 6.11. The summed E-state index contributed by atoms with van der Waals surface area (Å²) in [6.45, 7) is 6.91. The molecule has 2 N–H and O–H groups in total. The first kappa shape index (κ1) is 12.0. The molecule has 0 aromatic carbocycles. The lowest BCUT2D eigenvalue weighted by molar-refractivity contribution is 0.156. The highest BCUT2D eigenvalue weighted by molar-refractivity contribution is 4.88. The maximum Gasteiger partial charge on any atom is 0.0246 e. The Balaban J connectivity index is 2.42. The highest BCUT2D eigenvalue weighted by Crippen LogP contribution is 2.24. The van der Waals surface area contributed by atoms with E-state index in [9.17, 15) is 0 Å². The van der Waals surface area contributed by atoms with Crippen molar-refractivity contribution in [1.29, 1.82) is 0 Å². The van der Waals surface area contributed by atoms with Crippen LogP contribution in [0, 0.1) is 5.92 Å². The van der Waals surface area contributed by atoms with Crippen molar-refractivity contribution in [2.24, 2.45) is 11.7 Å². The Kier molecular flexibility index (Phi) is 4.39. The fraction of sp³-hybridized carbons (Fsp3) is 1.00. The zero-order valence-corrected chi connectivity index (χ0v) is 10.2. The second kappa shape index (κ2) is 5.13. The molecule has 84 valence electrons. The summed E-state index contributed by atoms with van der Waals surface area (Å²) in [5, 5.41) is 0. The van der Waals surface area contributed by atoms with E-state index in [1.165, 1.54) is 25.7 Å². The molecule has 0 saturated heterocycles. The molecule has 3 atom stereocenters. The summed E-state index contributed by atoms with van der Waals surface area (Å²) in [5.41, 5.74) is 6.11. The number of rotatable bonds is 4. The molecule has 2 heteroatoms. The van der Waals surface area contributed by atoms with Crippen LogP contribution < -0.4 is 5.73 Å². The molecular formula is C12H26N2. The van der Waals surface area contributed by atoms with Crippen molar-refractivity contribution in [2.45, 2.75) is 64.6 Å². The second-order valence-corrected chi connectivity index (χ2v) is 5.31. The van der Waals surface area contributed by atoms with Gasteiger partial charge in [0.1, 0.15) is 0 Å². The Bertz CT molecular complexity index is 168. The predicted molar refractivity (Wildman–Crippen MR) is 62.3 cm³/mol. The fourth-order valence-corrected chi connectivity index (χ4v) is 2.65. The third-order valence-electron chi connectivity index (χ3n) is 3.56. The van der Waals surface area contributed by atoms with Gasteiger partial charge in [0.05, 0.1) is 0 Å². The van der Waals surface area contributed by atoms with Gasteiger partial charge >= 0.3 is 0 Å². The van der Waals surface area contributed by atoms with E-state index in [0.29, 0.717) is 18.1 Å². The van der Waals surface area contributed by atoms with Crippen molar-refractivity contribution < 1.29 is 0 Å². The van der Waals surface area contributed by atoms with Crippen LogP contribution in [0.4, 0.5) is 0 Å². The van der Waals surface area contributed by atoms with Crippen LogP contribution in [0.1, 0.15) is 46.5 Å². The molecule has 1 fully saturated rings. The van der Waals surface area contributed by atoms with E-state index in [2.05, 4.69) is 32.7 Å². The summed E-state index contributed by atoms with van der Waals surface area (Å²) in [6, 6.07) is 1.71. The molecule has 1 saturated carbocycles. The summed E-state index contributed by atoms with van der Waals surface area (Å²) in [4.78, 5) is 2.50. The number of nitrogens with zero attached hydrogens (tertiary/aromatic N) is 1. The maximum atomic E-state index is 6.11. The van der Waals surface area contributed by atoms with Gasteiger partial charge in [0, 0.05) is 18.1 Å². The molecule has 1 aliphatic carbocycles. The van der Waals surface area contributed by atoms with Gasteiger partial charge < -0.3 is 5.73 Å². The normalized spacial score (nSPS) is 30.2. The molecule has 0 bridgehead atoms. The molecule has 1 aliphatic rings. The van der Waals surface area contributed by atoms with Crippen molar-refractivity contribution in [3.8, 4) is 0 Å². The van der Waals surface area contributed by atoms with Gasteiger partial charge in [0.25, 0.3) is 0 Å². The van der Waals surface area contributed by atoms with Crippen LogP contribution in [-0.2, 0) is 0 Å². The molecule has 0 aromatic rings. The largest absolute Gasteiger partial charge is 0.326 e. The highest BCUT2D eigenvalue weighted by Gasteiger charge is 2.29. The first-order valence-corrected chi connectivity index (χ1v) is 6.00. The Labute approximate surface area is 88.8 Å². The van der Waals surface area contributed by atoms with Crippen LogP contribution in [0.3, 0.4) is 0 Å². The average molecular weight is 198 g/mol. The topological polar surface area (TPSA) is 29.3 Å². The minimum absolute atomic E-state index is 0.412. The van der Waals surface area contributed by atoms with E-state index in [1.54, 1.807) is 0 Å². The van der Waals surface area contributed by atoms with E-state index < -0.39 is 0 Å². The van der Waals surface area contributed by atoms with Crippen molar-refractivity contribution in [3.63, 3.8) is 0 Å². The van der Waals surface area contributed by atoms with E-state index in [0.717, 1.165) is 5.92 Å². The zero-order chi connectivity index (χ0) is 10.7. The molecule has 2 nitrogen and oxygen atoms in total. The summed E-state index contributed by atoms with van der Waals surface area (Å²) in [5.74, 6) is 0.782. The number of nitrogens with two attached hydrogens (primary N) is 1. The molecule has 0 aromatic heterocycles. The summed E-state index contributed by atoms with van der Waals surface area (Å²) in [7, 11) is 2.24. The molecule has 3 unspecified atom stereocenters. The van der Waals surface area contributed by atoms with Gasteiger partial charge in [-0.15, -0.1) is 0 Å². The van der Waals surface area contributed by atoms with Crippen molar-refractivity contribution >= 4 is 0 Å². The highest BCUT2D eigenvalue weighted by atomic mass is 15.2. The Morgan fingerprint density at radius 3 is 2.36 bits per heavy atom. The van der Waals surface area contributed by atoms with Crippen molar-refractivity contribution in [1.82, 2.24) is 4.90 Å². The van der Waals surface area contributed by atoms with Crippen molar-refractivity contribution in [2.75, 3.05) is 7.05 Å². The summed E-state index contributed by atoms with van der Waals surface area (Å²) < 4.78 is 0. The van der Waals surface area contributed by atoms with E-state index >= 15 is 0 Å².